The molecule has 152 valence electrons. The van der Waals surface area contributed by atoms with Gasteiger partial charge in [-0.3, -0.25) is 4.68 Å². The average molecular weight is 393 g/mol. The Morgan fingerprint density at radius 1 is 1.07 bits per heavy atom. The van der Waals surface area contributed by atoms with E-state index in [1.54, 1.807) is 6.20 Å². The Kier molecular flexibility index (Phi) is 7.10. The SMILES string of the molecule is CCOc1ccc(OCC)c(NC(N)=NCc2cccc(Cn3cccn3)c2)c1. The van der Waals surface area contributed by atoms with E-state index in [-0.39, 0.29) is 0 Å². The maximum Gasteiger partial charge on any atom is 0.193 e. The lowest BCUT2D eigenvalue weighted by Gasteiger charge is -2.14. The quantitative estimate of drug-likeness (QED) is 0.428. The van der Waals surface area contributed by atoms with Crippen molar-refractivity contribution in [2.24, 2.45) is 10.7 Å². The molecule has 0 amide bonds. The first kappa shape index (κ1) is 20.3. The third-order valence-electron chi connectivity index (χ3n) is 4.15. The molecule has 0 radical (unpaired) electrons. The second-order valence-electron chi connectivity index (χ2n) is 6.37. The smallest absolute Gasteiger partial charge is 0.193 e. The zero-order valence-corrected chi connectivity index (χ0v) is 16.8. The fourth-order valence-corrected chi connectivity index (χ4v) is 2.91. The molecule has 3 rings (SSSR count). The van der Waals surface area contributed by atoms with Gasteiger partial charge in [-0.2, -0.15) is 5.10 Å². The van der Waals surface area contributed by atoms with Gasteiger partial charge >= 0.3 is 0 Å². The topological polar surface area (TPSA) is 86.7 Å². The second-order valence-corrected chi connectivity index (χ2v) is 6.37. The van der Waals surface area contributed by atoms with Gasteiger partial charge in [-0.25, -0.2) is 4.99 Å². The summed E-state index contributed by atoms with van der Waals surface area (Å²) in [6, 6.07) is 15.8. The van der Waals surface area contributed by atoms with Crippen LogP contribution in [0.2, 0.25) is 0 Å². The van der Waals surface area contributed by atoms with Crippen LogP contribution in [-0.4, -0.2) is 29.0 Å². The second kappa shape index (κ2) is 10.2. The Labute approximate surface area is 171 Å². The summed E-state index contributed by atoms with van der Waals surface area (Å²) in [5.74, 6) is 1.77. The molecule has 0 fully saturated rings. The summed E-state index contributed by atoms with van der Waals surface area (Å²) < 4.78 is 13.1. The first-order valence-corrected chi connectivity index (χ1v) is 9.69. The minimum atomic E-state index is 0.317. The van der Waals surface area contributed by atoms with Crippen molar-refractivity contribution in [1.29, 1.82) is 0 Å². The van der Waals surface area contributed by atoms with E-state index in [9.17, 15) is 0 Å². The first-order chi connectivity index (χ1) is 14.2. The van der Waals surface area contributed by atoms with Crippen molar-refractivity contribution in [3.05, 3.63) is 72.1 Å². The van der Waals surface area contributed by atoms with Gasteiger partial charge in [0.2, 0.25) is 0 Å². The number of anilines is 1. The molecular formula is C22H27N5O2. The summed E-state index contributed by atoms with van der Waals surface area (Å²) in [6.45, 7) is 6.23. The predicted molar refractivity (Wildman–Crippen MR) is 116 cm³/mol. The normalized spacial score (nSPS) is 11.3. The Morgan fingerprint density at radius 2 is 1.90 bits per heavy atom. The maximum atomic E-state index is 6.12. The standard InChI is InChI=1S/C22H27N5O2/c1-3-28-19-9-10-21(29-4-2)20(14-19)26-22(23)24-15-17-7-5-8-18(13-17)16-27-12-6-11-25-27/h5-14H,3-4,15-16H2,1-2H3,(H3,23,24,26). The number of aliphatic imine (C=N–C) groups is 1. The lowest BCUT2D eigenvalue weighted by atomic mass is 10.1. The molecule has 0 aliphatic heterocycles. The molecule has 0 spiro atoms. The molecule has 0 atom stereocenters. The van der Waals surface area contributed by atoms with Crippen LogP contribution in [0.25, 0.3) is 0 Å². The van der Waals surface area contributed by atoms with E-state index >= 15 is 0 Å². The number of benzene rings is 2. The highest BCUT2D eigenvalue weighted by Crippen LogP contribution is 2.29. The minimum absolute atomic E-state index is 0.317. The number of aromatic nitrogens is 2. The molecule has 29 heavy (non-hydrogen) atoms. The Morgan fingerprint density at radius 3 is 2.66 bits per heavy atom. The van der Waals surface area contributed by atoms with Crippen molar-refractivity contribution in [3.8, 4) is 11.5 Å². The molecule has 1 aromatic heterocycles. The zero-order chi connectivity index (χ0) is 20.5. The van der Waals surface area contributed by atoms with E-state index in [2.05, 4.69) is 27.5 Å². The Hall–Kier alpha value is -3.48. The Balaban J connectivity index is 1.68. The van der Waals surface area contributed by atoms with Crippen molar-refractivity contribution < 1.29 is 9.47 Å². The molecule has 3 N–H and O–H groups in total. The van der Waals surface area contributed by atoms with Crippen LogP contribution >= 0.6 is 0 Å². The third kappa shape index (κ3) is 6.00. The molecule has 0 saturated carbocycles. The first-order valence-electron chi connectivity index (χ1n) is 9.69. The summed E-state index contributed by atoms with van der Waals surface area (Å²) in [6.07, 6.45) is 3.72. The van der Waals surface area contributed by atoms with Crippen molar-refractivity contribution in [2.75, 3.05) is 18.5 Å². The number of rotatable bonds is 9. The highest BCUT2D eigenvalue weighted by atomic mass is 16.5. The van der Waals surface area contributed by atoms with Gasteiger partial charge in [0.05, 0.1) is 32.0 Å². The molecule has 0 aliphatic carbocycles. The Bertz CT molecular complexity index is 938. The minimum Gasteiger partial charge on any atom is -0.494 e. The highest BCUT2D eigenvalue weighted by Gasteiger charge is 2.07. The average Bonchev–Trinajstić information content (AvgIpc) is 3.22. The molecule has 0 saturated heterocycles. The molecule has 0 unspecified atom stereocenters. The van der Waals surface area contributed by atoms with Crippen LogP contribution in [0.5, 0.6) is 11.5 Å². The molecule has 7 heteroatoms. The summed E-state index contributed by atoms with van der Waals surface area (Å²) in [5, 5.41) is 7.37. The fourth-order valence-electron chi connectivity index (χ4n) is 2.91. The lowest BCUT2D eigenvalue weighted by molar-refractivity contribution is 0.332. The van der Waals surface area contributed by atoms with Gasteiger partial charge in [-0.1, -0.05) is 24.3 Å². The maximum absolute atomic E-state index is 6.12. The van der Waals surface area contributed by atoms with E-state index in [0.29, 0.717) is 31.5 Å². The van der Waals surface area contributed by atoms with Crippen molar-refractivity contribution in [3.63, 3.8) is 0 Å². The van der Waals surface area contributed by atoms with Crippen LogP contribution in [0.15, 0.2) is 65.9 Å². The van der Waals surface area contributed by atoms with Crippen molar-refractivity contribution in [1.82, 2.24) is 9.78 Å². The van der Waals surface area contributed by atoms with Crippen molar-refractivity contribution >= 4 is 11.6 Å². The van der Waals surface area contributed by atoms with E-state index in [0.717, 1.165) is 29.1 Å². The van der Waals surface area contributed by atoms with Gasteiger partial charge in [0.15, 0.2) is 5.96 Å². The van der Waals surface area contributed by atoms with Crippen LogP contribution in [0.4, 0.5) is 5.69 Å². The lowest BCUT2D eigenvalue weighted by Crippen LogP contribution is -2.23. The molecule has 3 aromatic rings. The zero-order valence-electron chi connectivity index (χ0n) is 16.8. The number of guanidine groups is 1. The number of ether oxygens (including phenoxy) is 2. The summed E-state index contributed by atoms with van der Waals surface area (Å²) >= 11 is 0. The van der Waals surface area contributed by atoms with Crippen LogP contribution < -0.4 is 20.5 Å². The van der Waals surface area contributed by atoms with E-state index in [1.807, 2.05) is 61.1 Å². The number of nitrogens with one attached hydrogen (secondary N) is 1. The van der Waals surface area contributed by atoms with E-state index in [1.165, 1.54) is 0 Å². The largest absolute Gasteiger partial charge is 0.494 e. The summed E-state index contributed by atoms with van der Waals surface area (Å²) in [7, 11) is 0. The molecule has 2 aromatic carbocycles. The monoisotopic (exact) mass is 393 g/mol. The van der Waals surface area contributed by atoms with E-state index in [4.69, 9.17) is 15.2 Å². The van der Waals surface area contributed by atoms with Crippen LogP contribution in [0, 0.1) is 0 Å². The molecule has 1 heterocycles. The summed E-state index contributed by atoms with van der Waals surface area (Å²) in [5.41, 5.74) is 9.09. The van der Waals surface area contributed by atoms with E-state index < -0.39 is 0 Å². The molecule has 7 nitrogen and oxygen atoms in total. The van der Waals surface area contributed by atoms with Gasteiger partial charge in [0.25, 0.3) is 0 Å². The molecular weight excluding hydrogens is 366 g/mol. The number of nitrogens with zero attached hydrogens (tertiary/aromatic N) is 3. The van der Waals surface area contributed by atoms with Gasteiger partial charge in [-0.05, 0) is 43.2 Å². The van der Waals surface area contributed by atoms with Gasteiger partial charge in [-0.15, -0.1) is 0 Å². The summed E-state index contributed by atoms with van der Waals surface area (Å²) in [4.78, 5) is 4.47. The van der Waals surface area contributed by atoms with Crippen LogP contribution in [-0.2, 0) is 13.1 Å². The van der Waals surface area contributed by atoms with Gasteiger partial charge in [0.1, 0.15) is 11.5 Å². The third-order valence-corrected chi connectivity index (χ3v) is 4.15. The fraction of sp³-hybridized carbons (Fsp3) is 0.273. The van der Waals surface area contributed by atoms with Crippen LogP contribution in [0.3, 0.4) is 0 Å². The van der Waals surface area contributed by atoms with Gasteiger partial charge < -0.3 is 20.5 Å². The number of hydrogen-bond donors (Lipinski definition) is 2. The van der Waals surface area contributed by atoms with Gasteiger partial charge in [0, 0.05) is 18.5 Å². The highest BCUT2D eigenvalue weighted by molar-refractivity contribution is 5.94. The molecule has 0 bridgehead atoms. The number of hydrogen-bond acceptors (Lipinski definition) is 4. The van der Waals surface area contributed by atoms with Crippen molar-refractivity contribution in [2.45, 2.75) is 26.9 Å². The molecule has 0 aliphatic rings. The number of nitrogens with two attached hydrogens (primary N) is 1. The van der Waals surface area contributed by atoms with Crippen LogP contribution in [0.1, 0.15) is 25.0 Å². The predicted octanol–water partition coefficient (Wildman–Crippen LogP) is 3.66.